The number of rotatable bonds is 25. The van der Waals surface area contributed by atoms with Crippen molar-refractivity contribution >= 4 is 53.4 Å². The van der Waals surface area contributed by atoms with Crippen molar-refractivity contribution in [1.82, 2.24) is 46.6 Å². The van der Waals surface area contributed by atoms with Crippen LogP contribution < -0.4 is 37.6 Å². The molecule has 3 heterocycles. The Morgan fingerprint density at radius 2 is 0.827 bits per heavy atom. The van der Waals surface area contributed by atoms with Gasteiger partial charge in [0.15, 0.2) is 0 Å². The molecule has 20 nitrogen and oxygen atoms in total. The van der Waals surface area contributed by atoms with Crippen LogP contribution >= 0.6 is 0 Å². The topological polar surface area (TPSA) is 271 Å². The molecule has 0 bridgehead atoms. The molecule has 0 spiro atoms. The lowest BCUT2D eigenvalue weighted by Gasteiger charge is -2.31. The van der Waals surface area contributed by atoms with E-state index in [1.165, 1.54) is 27.8 Å². The third-order valence-electron chi connectivity index (χ3n) is 20.5. The Hall–Kier alpha value is -8.91. The number of nitrogens with two attached hydrogens (primary N) is 1. The number of hydrogen-bond acceptors (Lipinski definition) is 11. The summed E-state index contributed by atoms with van der Waals surface area (Å²) in [5, 5.41) is 18.3. The molecule has 0 radical (unpaired) electrons. The first-order valence-corrected chi connectivity index (χ1v) is 36.0. The molecule has 6 aliphatic rings. The predicted molar refractivity (Wildman–Crippen MR) is 375 cm³/mol. The van der Waals surface area contributed by atoms with Crippen molar-refractivity contribution in [2.45, 2.75) is 198 Å². The molecule has 3 aliphatic heterocycles. The fourth-order valence-corrected chi connectivity index (χ4v) is 15.1. The van der Waals surface area contributed by atoms with Gasteiger partial charge in [-0.05, 0) is 205 Å². The lowest BCUT2D eigenvalue weighted by molar-refractivity contribution is -0.141. The summed E-state index contributed by atoms with van der Waals surface area (Å²) in [6, 6.07) is 38.3. The van der Waals surface area contributed by atoms with Gasteiger partial charge in [0.25, 0.3) is 11.8 Å². The number of aryl methyl sites for hydroxylation is 3. The Morgan fingerprint density at radius 1 is 0.449 bits per heavy atom. The van der Waals surface area contributed by atoms with Crippen LogP contribution in [0.2, 0.25) is 0 Å². The molecule has 9 atom stereocenters. The number of ether oxygens (including phenoxy) is 1. The maximum Gasteiger partial charge on any atom is 0.408 e. The first-order valence-electron chi connectivity index (χ1n) is 36.0. The fourth-order valence-electron chi connectivity index (χ4n) is 15.1. The van der Waals surface area contributed by atoms with Gasteiger partial charge >= 0.3 is 6.09 Å². The summed E-state index contributed by atoms with van der Waals surface area (Å²) >= 11 is 0. The van der Waals surface area contributed by atoms with E-state index in [2.05, 4.69) is 68.3 Å². The molecule has 5 aromatic rings. The predicted octanol–water partition coefficient (Wildman–Crippen LogP) is 9.55. The lowest BCUT2D eigenvalue weighted by atomic mass is 9.87. The highest BCUT2D eigenvalue weighted by Crippen LogP contribution is 2.34. The fraction of sp³-hybridized carbons (Fsp3) is 0.500. The monoisotopic (exact) mass is 1340 g/mol. The molecule has 522 valence electrons. The van der Waals surface area contributed by atoms with Crippen LogP contribution in [0.25, 0.3) is 0 Å². The van der Waals surface area contributed by atoms with Crippen molar-refractivity contribution in [3.63, 3.8) is 0 Å². The number of hydrogen-bond donors (Lipinski definition) is 7. The molecule has 3 fully saturated rings. The molecule has 20 heteroatoms. The summed E-state index contributed by atoms with van der Waals surface area (Å²) < 4.78 is 5.33. The van der Waals surface area contributed by atoms with Crippen molar-refractivity contribution in [2.75, 3.05) is 39.3 Å². The second-order valence-electron chi connectivity index (χ2n) is 27.4. The van der Waals surface area contributed by atoms with Gasteiger partial charge in [-0.2, -0.15) is 0 Å². The third-order valence-corrected chi connectivity index (χ3v) is 20.5. The lowest BCUT2D eigenvalue weighted by Crippen LogP contribution is -2.54. The van der Waals surface area contributed by atoms with Crippen molar-refractivity contribution in [3.05, 3.63) is 177 Å². The number of fused-ring (bicyclic) bond motifs is 3. The molecule has 3 aliphatic carbocycles. The highest BCUT2D eigenvalue weighted by atomic mass is 16.5. The van der Waals surface area contributed by atoms with Crippen LogP contribution in [0.1, 0.15) is 207 Å². The van der Waals surface area contributed by atoms with Crippen molar-refractivity contribution in [1.29, 1.82) is 0 Å². The van der Waals surface area contributed by atoms with E-state index in [0.29, 0.717) is 108 Å². The van der Waals surface area contributed by atoms with Gasteiger partial charge in [0.05, 0.1) is 18.1 Å². The second-order valence-corrected chi connectivity index (χ2v) is 27.4. The van der Waals surface area contributed by atoms with Crippen LogP contribution in [0.15, 0.2) is 127 Å². The van der Waals surface area contributed by atoms with E-state index in [9.17, 15) is 43.2 Å². The number of likely N-dealkylation sites (tertiary alicyclic amines) is 3. The number of carbonyl (C=O) groups excluding carboxylic acids is 9. The summed E-state index contributed by atoms with van der Waals surface area (Å²) in [4.78, 5) is 124. The van der Waals surface area contributed by atoms with Crippen LogP contribution in [0.4, 0.5) is 4.79 Å². The van der Waals surface area contributed by atoms with E-state index in [1.54, 1.807) is 39.0 Å². The number of carbonyl (C=O) groups is 9. The van der Waals surface area contributed by atoms with E-state index in [4.69, 9.17) is 10.5 Å². The average Bonchev–Trinajstić information content (AvgIpc) is 1.14. The molecular weight excluding hydrogens is 1240 g/mol. The molecule has 0 aromatic heterocycles. The number of alkyl carbamates (subject to hydrolysis) is 1. The highest BCUT2D eigenvalue weighted by Gasteiger charge is 2.41. The van der Waals surface area contributed by atoms with Crippen LogP contribution in [0.5, 0.6) is 0 Å². The molecule has 9 amide bonds. The van der Waals surface area contributed by atoms with Gasteiger partial charge < -0.3 is 57.1 Å². The summed E-state index contributed by atoms with van der Waals surface area (Å²) in [7, 11) is 0. The smallest absolute Gasteiger partial charge is 0.408 e. The number of nitrogens with zero attached hydrogens (tertiary/aromatic N) is 3. The zero-order valence-corrected chi connectivity index (χ0v) is 57.1. The Balaban J connectivity index is 0.000000245. The minimum absolute atomic E-state index is 0.0203. The number of benzene rings is 5. The van der Waals surface area contributed by atoms with Crippen molar-refractivity contribution < 1.29 is 47.9 Å². The van der Waals surface area contributed by atoms with Crippen LogP contribution in [-0.4, -0.2) is 131 Å². The second kappa shape index (κ2) is 35.6. The summed E-state index contributed by atoms with van der Waals surface area (Å²) in [6.45, 7) is 6.72. The van der Waals surface area contributed by atoms with Gasteiger partial charge in [-0.15, -0.1) is 0 Å². The third kappa shape index (κ3) is 18.8. The minimum atomic E-state index is -0.791. The first kappa shape index (κ1) is 71.9. The first-order chi connectivity index (χ1) is 47.6. The molecule has 0 saturated carbocycles. The summed E-state index contributed by atoms with van der Waals surface area (Å²) in [6.07, 6.45) is 15.8. The zero-order chi connectivity index (χ0) is 68.9. The van der Waals surface area contributed by atoms with E-state index in [0.717, 1.165) is 88.2 Å². The molecule has 3 saturated heterocycles. The molecular formula is C78H100N10O10. The van der Waals surface area contributed by atoms with Gasteiger partial charge in [0, 0.05) is 55.7 Å². The van der Waals surface area contributed by atoms with E-state index in [1.807, 2.05) is 80.6 Å². The Bertz CT molecular complexity index is 3420. The van der Waals surface area contributed by atoms with Gasteiger partial charge in [0.1, 0.15) is 30.8 Å². The SMILES string of the molecule is C[C@@H](CCCNC(=O)c1ccc(C(=O)NCCC[C@H](C)C(=O)N2CCC[C@H]2C(=O)N[C@@H]2CCCc3ccccc32)cc1)C(=O)N1CCC[C@H]1C(=O)N[C@@H]1CCCc2ccccc21.NCCC[C@H](NC(=O)OCc1ccccc1)C(=O)N1CCC[C@H]1C(=O)N[C@H]1CCCc2ccccc21. The summed E-state index contributed by atoms with van der Waals surface area (Å²) in [5.74, 6) is -1.66. The largest absolute Gasteiger partial charge is 0.445 e. The zero-order valence-electron chi connectivity index (χ0n) is 57.1. The maximum absolute atomic E-state index is 13.5. The average molecular weight is 1340 g/mol. The Labute approximate surface area is 577 Å². The van der Waals surface area contributed by atoms with Gasteiger partial charge in [0.2, 0.25) is 35.4 Å². The molecule has 0 unspecified atom stereocenters. The van der Waals surface area contributed by atoms with Gasteiger partial charge in [-0.3, -0.25) is 38.4 Å². The standard InChI is InChI=1S/C50H64N6O6.C28H36N4O4/c1-33(49(61)55-31-11-23-43(55)47(59)53-41-21-7-17-35-15-3-5-19-39(35)41)13-9-29-51-45(57)37-25-27-38(28-26-37)46(58)52-30-10-14-34(2)50(62)56-32-12-24-44(56)48(60)54-42-22-8-18-36-16-4-6-20-40(36)42;29-17-7-15-24(31-28(35)36-19-20-9-2-1-3-10-20)27(34)32-18-8-16-25(32)26(33)30-23-14-6-12-21-11-4-5-13-22(21)23/h3-6,15-16,19-20,25-28,33-34,41-44H,7-14,17-18,21-24,29-32H2,1-2H3,(H,51,57)(H,52,58)(H,53,59)(H,54,60);1-5,9-11,13,23-25H,6-8,12,14-19,29H2,(H,30,33)(H,31,35)/t33-,34-,41+,42+,43-,44-;23-,24-,25-/m00/s1. The Kier molecular flexibility index (Phi) is 26.1. The quantitative estimate of drug-likeness (QED) is 0.0270. The Morgan fingerprint density at radius 3 is 1.22 bits per heavy atom. The normalized spacial score (nSPS) is 20.9. The van der Waals surface area contributed by atoms with Crippen LogP contribution in [0, 0.1) is 11.8 Å². The maximum atomic E-state index is 13.5. The molecule has 98 heavy (non-hydrogen) atoms. The summed E-state index contributed by atoms with van der Waals surface area (Å²) in [5.41, 5.74) is 14.8. The van der Waals surface area contributed by atoms with E-state index < -0.39 is 30.3 Å². The van der Waals surface area contributed by atoms with Crippen LogP contribution in [0.3, 0.4) is 0 Å². The molecule has 11 rings (SSSR count). The van der Waals surface area contributed by atoms with Crippen molar-refractivity contribution in [2.24, 2.45) is 17.6 Å². The molecule has 5 aromatic carbocycles. The highest BCUT2D eigenvalue weighted by molar-refractivity contribution is 5.98. The number of nitrogens with one attached hydrogen (secondary N) is 6. The number of amides is 9. The van der Waals surface area contributed by atoms with Gasteiger partial charge in [-0.25, -0.2) is 4.79 Å². The van der Waals surface area contributed by atoms with Gasteiger partial charge in [-0.1, -0.05) is 117 Å². The molecule has 8 N–H and O–H groups in total. The van der Waals surface area contributed by atoms with E-state index >= 15 is 0 Å². The van der Waals surface area contributed by atoms with E-state index in [-0.39, 0.29) is 83.8 Å². The van der Waals surface area contributed by atoms with Crippen LogP contribution in [-0.2, 0) is 59.4 Å². The minimum Gasteiger partial charge on any atom is -0.445 e. The van der Waals surface area contributed by atoms with Crippen molar-refractivity contribution in [3.8, 4) is 0 Å².